The largest absolute Gasteiger partial charge is 0.473 e. The maximum absolute atomic E-state index is 11.7. The van der Waals surface area contributed by atoms with Crippen LogP contribution in [0.25, 0.3) is 5.70 Å². The Balaban J connectivity index is 2.16. The van der Waals surface area contributed by atoms with E-state index in [9.17, 15) is 4.79 Å². The van der Waals surface area contributed by atoms with Crippen molar-refractivity contribution in [3.05, 3.63) is 23.3 Å². The molecule has 0 aliphatic heterocycles. The highest BCUT2D eigenvalue weighted by Gasteiger charge is 2.19. The minimum atomic E-state index is -0.486. The summed E-state index contributed by atoms with van der Waals surface area (Å²) in [4.78, 5) is 21.9. The van der Waals surface area contributed by atoms with E-state index in [1.807, 2.05) is 6.92 Å². The molecule has 1 fully saturated rings. The fraction of sp³-hybridized carbons (Fsp3) is 0.611. The van der Waals surface area contributed by atoms with Crippen LogP contribution in [0.1, 0.15) is 43.5 Å². The van der Waals surface area contributed by atoms with Gasteiger partial charge in [0, 0.05) is 21.1 Å². The molecule has 1 aromatic heterocycles. The molecule has 27 heavy (non-hydrogen) atoms. The van der Waals surface area contributed by atoms with Gasteiger partial charge >= 0.3 is 6.09 Å². The number of nitrogens with zero attached hydrogens (tertiary/aromatic N) is 4. The van der Waals surface area contributed by atoms with Crippen molar-refractivity contribution in [2.24, 2.45) is 11.6 Å². The normalized spacial score (nSPS) is 15.7. The highest BCUT2D eigenvalue weighted by molar-refractivity contribution is 5.68. The van der Waals surface area contributed by atoms with Gasteiger partial charge in [0.15, 0.2) is 0 Å². The Labute approximate surface area is 160 Å². The molecular weight excluding hydrogens is 348 g/mol. The molecule has 1 heterocycles. The Morgan fingerprint density at radius 2 is 1.93 bits per heavy atom. The number of carbonyl (C=O) groups is 1. The predicted molar refractivity (Wildman–Crippen MR) is 102 cm³/mol. The molecule has 0 saturated heterocycles. The molecule has 2 rings (SSSR count). The Kier molecular flexibility index (Phi) is 7.23. The molecule has 0 radical (unpaired) electrons. The Morgan fingerprint density at radius 3 is 2.48 bits per heavy atom. The van der Waals surface area contributed by atoms with Crippen molar-refractivity contribution in [1.82, 2.24) is 19.9 Å². The zero-order chi connectivity index (χ0) is 20.0. The van der Waals surface area contributed by atoms with Gasteiger partial charge in [-0.05, 0) is 32.6 Å². The van der Waals surface area contributed by atoms with Crippen LogP contribution in [0, 0.1) is 6.92 Å². The number of nitrogens with two attached hydrogens (primary N) is 2. The molecule has 0 atom stereocenters. The van der Waals surface area contributed by atoms with Crippen LogP contribution in [-0.4, -0.2) is 59.8 Å². The summed E-state index contributed by atoms with van der Waals surface area (Å²) in [6.07, 6.45) is 6.98. The van der Waals surface area contributed by atoms with E-state index in [-0.39, 0.29) is 12.7 Å². The number of likely N-dealkylation sites (N-methyl/N-ethyl adjacent to an activating group) is 1. The molecule has 1 aliphatic rings. The van der Waals surface area contributed by atoms with Crippen LogP contribution in [0.2, 0.25) is 0 Å². The number of hydrogen-bond acceptors (Lipinski definition) is 8. The van der Waals surface area contributed by atoms with Gasteiger partial charge in [-0.1, -0.05) is 6.42 Å². The van der Waals surface area contributed by atoms with E-state index < -0.39 is 6.09 Å². The first-order chi connectivity index (χ1) is 12.8. The third kappa shape index (κ3) is 5.72. The van der Waals surface area contributed by atoms with Crippen LogP contribution in [0.5, 0.6) is 5.88 Å². The second kappa shape index (κ2) is 9.40. The van der Waals surface area contributed by atoms with Gasteiger partial charge in [0.25, 0.3) is 0 Å². The first-order valence-electron chi connectivity index (χ1n) is 9.11. The van der Waals surface area contributed by atoms with Gasteiger partial charge in [-0.3, -0.25) is 0 Å². The monoisotopic (exact) mass is 378 g/mol. The number of hydrazine groups is 1. The van der Waals surface area contributed by atoms with Crippen LogP contribution >= 0.6 is 0 Å². The minimum absolute atomic E-state index is 0.0725. The number of rotatable bonds is 6. The topological polar surface area (TPSA) is 120 Å². The molecule has 0 unspecified atom stereocenters. The summed E-state index contributed by atoms with van der Waals surface area (Å²) in [5.41, 5.74) is 8.06. The summed E-state index contributed by atoms with van der Waals surface area (Å²) in [6.45, 7) is 1.76. The molecule has 1 saturated carbocycles. The third-order valence-corrected chi connectivity index (χ3v) is 4.44. The first kappa shape index (κ1) is 20.8. The van der Waals surface area contributed by atoms with Crippen LogP contribution in [-0.2, 0) is 4.74 Å². The minimum Gasteiger partial charge on any atom is -0.473 e. The molecule has 0 spiro atoms. The summed E-state index contributed by atoms with van der Waals surface area (Å²) >= 11 is 0. The summed E-state index contributed by atoms with van der Waals surface area (Å²) in [5, 5.41) is 1.31. The zero-order valence-electron chi connectivity index (χ0n) is 16.6. The number of aromatic nitrogens is 2. The maximum Gasteiger partial charge on any atom is 0.409 e. The molecule has 9 heteroatoms. The molecular formula is C18H30N6O3. The van der Waals surface area contributed by atoms with E-state index in [4.69, 9.17) is 21.1 Å². The van der Waals surface area contributed by atoms with Crippen molar-refractivity contribution in [2.75, 3.05) is 27.7 Å². The molecule has 1 aliphatic carbocycles. The Morgan fingerprint density at radius 1 is 1.26 bits per heavy atom. The van der Waals surface area contributed by atoms with E-state index in [1.165, 1.54) is 29.2 Å². The number of amides is 1. The maximum atomic E-state index is 11.7. The Hall–Kier alpha value is -2.55. The molecule has 4 N–H and O–H groups in total. The molecule has 0 aromatic carbocycles. The van der Waals surface area contributed by atoms with E-state index >= 15 is 0 Å². The van der Waals surface area contributed by atoms with Crippen molar-refractivity contribution >= 4 is 11.8 Å². The van der Waals surface area contributed by atoms with Gasteiger partial charge in [0.1, 0.15) is 24.1 Å². The van der Waals surface area contributed by atoms with Gasteiger partial charge in [-0.2, -0.15) is 0 Å². The van der Waals surface area contributed by atoms with Crippen LogP contribution in [0.4, 0.5) is 4.79 Å². The number of aryl methyl sites for hydroxylation is 1. The highest BCUT2D eigenvalue weighted by atomic mass is 16.6. The lowest BCUT2D eigenvalue weighted by molar-refractivity contribution is 0.120. The molecule has 1 aromatic rings. The lowest BCUT2D eigenvalue weighted by Gasteiger charge is -2.23. The second-order valence-corrected chi connectivity index (χ2v) is 6.94. The molecule has 9 nitrogen and oxygen atoms in total. The van der Waals surface area contributed by atoms with Crippen molar-refractivity contribution in [2.45, 2.75) is 45.1 Å². The van der Waals surface area contributed by atoms with E-state index in [0.29, 0.717) is 28.7 Å². The van der Waals surface area contributed by atoms with Crippen molar-refractivity contribution in [3.63, 3.8) is 0 Å². The van der Waals surface area contributed by atoms with Gasteiger partial charge in [-0.25, -0.2) is 20.6 Å². The summed E-state index contributed by atoms with van der Waals surface area (Å²) in [5.74, 6) is 6.37. The average Bonchev–Trinajstić information content (AvgIpc) is 2.63. The van der Waals surface area contributed by atoms with E-state index in [0.717, 1.165) is 12.8 Å². The van der Waals surface area contributed by atoms with Crippen molar-refractivity contribution in [3.8, 4) is 5.88 Å². The van der Waals surface area contributed by atoms with Gasteiger partial charge in [0.2, 0.25) is 5.88 Å². The predicted octanol–water partition coefficient (Wildman–Crippen LogP) is 1.63. The Bertz CT molecular complexity index is 684. The molecule has 0 bridgehead atoms. The molecule has 1 amide bonds. The second-order valence-electron chi connectivity index (χ2n) is 6.94. The van der Waals surface area contributed by atoms with Crippen LogP contribution < -0.4 is 16.3 Å². The summed E-state index contributed by atoms with van der Waals surface area (Å²) < 4.78 is 11.2. The first-order valence-corrected chi connectivity index (χ1v) is 9.11. The third-order valence-electron chi connectivity index (χ3n) is 4.44. The fourth-order valence-electron chi connectivity index (χ4n) is 2.83. The van der Waals surface area contributed by atoms with E-state index in [1.54, 1.807) is 27.3 Å². The highest BCUT2D eigenvalue weighted by Crippen LogP contribution is 2.24. The summed E-state index contributed by atoms with van der Waals surface area (Å²) in [6, 6.07) is 0. The SMILES string of the molecule is Cc1nc(/C(N)=C(\COC(=O)N(C)C)N(C)N)cnc1OC1CCCCC1. The average molecular weight is 378 g/mol. The van der Waals surface area contributed by atoms with Gasteiger partial charge in [-0.15, -0.1) is 0 Å². The summed E-state index contributed by atoms with van der Waals surface area (Å²) in [7, 11) is 4.81. The van der Waals surface area contributed by atoms with Gasteiger partial charge < -0.3 is 25.1 Å². The van der Waals surface area contributed by atoms with Crippen molar-refractivity contribution < 1.29 is 14.3 Å². The zero-order valence-corrected chi connectivity index (χ0v) is 16.6. The lowest BCUT2D eigenvalue weighted by Crippen LogP contribution is -2.33. The smallest absolute Gasteiger partial charge is 0.409 e. The van der Waals surface area contributed by atoms with E-state index in [2.05, 4.69) is 9.97 Å². The molecule has 150 valence electrons. The van der Waals surface area contributed by atoms with Crippen LogP contribution in [0.3, 0.4) is 0 Å². The lowest BCUT2D eigenvalue weighted by atomic mass is 9.98. The number of hydrogen-bond donors (Lipinski definition) is 2. The number of carbonyl (C=O) groups excluding carboxylic acids is 1. The van der Waals surface area contributed by atoms with Crippen molar-refractivity contribution in [1.29, 1.82) is 0 Å². The fourth-order valence-corrected chi connectivity index (χ4v) is 2.83. The van der Waals surface area contributed by atoms with Gasteiger partial charge in [0.05, 0.1) is 17.6 Å². The quantitative estimate of drug-likeness (QED) is 0.566. The number of ether oxygens (including phenoxy) is 2. The van der Waals surface area contributed by atoms with Crippen LogP contribution in [0.15, 0.2) is 11.9 Å². The standard InChI is InChI=1S/C18H30N6O3/c1-12-17(27-13-8-6-5-7-9-13)21-10-14(22-12)16(19)15(24(4)20)11-26-18(25)23(2)3/h10,13H,5-9,11,19-20H2,1-4H3/b16-15-.